The molecule has 3 aromatic heterocycles. The molecule has 0 amide bonds. The topological polar surface area (TPSA) is 60.0 Å². The fourth-order valence-corrected chi connectivity index (χ4v) is 3.90. The van der Waals surface area contributed by atoms with E-state index < -0.39 is 0 Å². The Hall–Kier alpha value is -2.37. The van der Waals surface area contributed by atoms with Crippen LogP contribution in [-0.2, 0) is 6.54 Å². The van der Waals surface area contributed by atoms with Gasteiger partial charge in [-0.2, -0.15) is 4.98 Å². The van der Waals surface area contributed by atoms with Crippen molar-refractivity contribution < 1.29 is 4.52 Å². The van der Waals surface area contributed by atoms with E-state index in [1.807, 2.05) is 20.0 Å². The lowest BCUT2D eigenvalue weighted by Crippen LogP contribution is -2.39. The molecule has 0 bridgehead atoms. The van der Waals surface area contributed by atoms with Gasteiger partial charge in [-0.15, -0.1) is 0 Å². The molecule has 1 aliphatic heterocycles. The molecule has 1 saturated carbocycles. The molecule has 6 nitrogen and oxygen atoms in total. The standard InChI is InChI=1S/C19H23N5O/c1-12-17(13(2)25-22-12)15-9-16-18(20-10-15)21-19(23-7-4-8-23)24(16)11-14-5-3-6-14/h9-10,14H,3-8,11H2,1-2H3. The molecular formula is C19H23N5O. The molecular weight excluding hydrogens is 314 g/mol. The summed E-state index contributed by atoms with van der Waals surface area (Å²) in [5.41, 5.74) is 5.00. The Morgan fingerprint density at radius 3 is 2.64 bits per heavy atom. The second-order valence-electron chi connectivity index (χ2n) is 7.43. The summed E-state index contributed by atoms with van der Waals surface area (Å²) in [4.78, 5) is 11.9. The first-order valence-corrected chi connectivity index (χ1v) is 9.25. The van der Waals surface area contributed by atoms with Crippen LogP contribution in [0.1, 0.15) is 37.1 Å². The normalized spacial score (nSPS) is 17.8. The smallest absolute Gasteiger partial charge is 0.208 e. The highest BCUT2D eigenvalue weighted by atomic mass is 16.5. The minimum absolute atomic E-state index is 0.778. The molecule has 25 heavy (non-hydrogen) atoms. The lowest BCUT2D eigenvalue weighted by molar-refractivity contribution is 0.279. The Bertz CT molecular complexity index is 913. The Kier molecular flexibility index (Phi) is 3.33. The zero-order chi connectivity index (χ0) is 17.0. The zero-order valence-corrected chi connectivity index (χ0v) is 14.8. The van der Waals surface area contributed by atoms with Crippen molar-refractivity contribution in [2.45, 2.75) is 46.1 Å². The van der Waals surface area contributed by atoms with Crippen molar-refractivity contribution in [1.82, 2.24) is 19.7 Å². The Balaban J connectivity index is 1.64. The van der Waals surface area contributed by atoms with E-state index in [1.165, 1.54) is 25.7 Å². The first-order chi connectivity index (χ1) is 12.2. The number of aromatic nitrogens is 4. The van der Waals surface area contributed by atoms with Crippen LogP contribution in [0.3, 0.4) is 0 Å². The maximum absolute atomic E-state index is 5.34. The molecule has 2 fully saturated rings. The third kappa shape index (κ3) is 2.34. The SMILES string of the molecule is Cc1noc(C)c1-c1cnc2nc(N3CCC3)n(CC3CCC3)c2c1. The van der Waals surface area contributed by atoms with Gasteiger partial charge >= 0.3 is 0 Å². The molecule has 0 radical (unpaired) electrons. The van der Waals surface area contributed by atoms with Crippen LogP contribution >= 0.6 is 0 Å². The highest BCUT2D eigenvalue weighted by molar-refractivity contribution is 5.82. The quantitative estimate of drug-likeness (QED) is 0.726. The summed E-state index contributed by atoms with van der Waals surface area (Å²) in [5, 5.41) is 4.09. The van der Waals surface area contributed by atoms with Gasteiger partial charge in [0.1, 0.15) is 5.76 Å². The van der Waals surface area contributed by atoms with Crippen molar-refractivity contribution in [3.05, 3.63) is 23.7 Å². The number of nitrogens with zero attached hydrogens (tertiary/aromatic N) is 5. The minimum atomic E-state index is 0.778. The summed E-state index contributed by atoms with van der Waals surface area (Å²) in [7, 11) is 0. The predicted octanol–water partition coefficient (Wildman–Crippen LogP) is 3.71. The number of hydrogen-bond acceptors (Lipinski definition) is 5. The van der Waals surface area contributed by atoms with Crippen LogP contribution in [0.2, 0.25) is 0 Å². The summed E-state index contributed by atoms with van der Waals surface area (Å²) in [6.07, 6.45) is 7.17. The van der Waals surface area contributed by atoms with Crippen LogP contribution in [0.4, 0.5) is 5.95 Å². The molecule has 4 heterocycles. The summed E-state index contributed by atoms with van der Waals surface area (Å²) in [6, 6.07) is 2.21. The maximum Gasteiger partial charge on any atom is 0.208 e. The average Bonchev–Trinajstić information content (AvgIpc) is 3.01. The lowest BCUT2D eigenvalue weighted by atomic mass is 9.85. The van der Waals surface area contributed by atoms with E-state index in [4.69, 9.17) is 9.51 Å². The lowest BCUT2D eigenvalue weighted by Gasteiger charge is -2.34. The van der Waals surface area contributed by atoms with Gasteiger partial charge in [0.2, 0.25) is 5.95 Å². The van der Waals surface area contributed by atoms with E-state index in [1.54, 1.807) is 0 Å². The van der Waals surface area contributed by atoms with Crippen LogP contribution in [0.25, 0.3) is 22.3 Å². The van der Waals surface area contributed by atoms with Crippen molar-refractivity contribution in [2.75, 3.05) is 18.0 Å². The molecule has 0 atom stereocenters. The van der Waals surface area contributed by atoms with Gasteiger partial charge in [0, 0.05) is 37.0 Å². The number of imidazole rings is 1. The molecule has 5 rings (SSSR count). The number of rotatable bonds is 4. The van der Waals surface area contributed by atoms with Crippen LogP contribution < -0.4 is 4.90 Å². The fraction of sp³-hybridized carbons (Fsp3) is 0.526. The molecule has 3 aromatic rings. The van der Waals surface area contributed by atoms with Crippen molar-refractivity contribution in [2.24, 2.45) is 5.92 Å². The van der Waals surface area contributed by atoms with Gasteiger partial charge in [0.25, 0.3) is 0 Å². The van der Waals surface area contributed by atoms with E-state index in [0.717, 1.165) is 65.2 Å². The minimum Gasteiger partial charge on any atom is -0.361 e. The highest BCUT2D eigenvalue weighted by Gasteiger charge is 2.26. The van der Waals surface area contributed by atoms with Crippen LogP contribution in [0, 0.1) is 19.8 Å². The molecule has 1 aliphatic carbocycles. The molecule has 6 heteroatoms. The molecule has 0 spiro atoms. The summed E-state index contributed by atoms with van der Waals surface area (Å²) in [5.74, 6) is 2.71. The molecule has 0 aromatic carbocycles. The van der Waals surface area contributed by atoms with Crippen LogP contribution in [0.15, 0.2) is 16.8 Å². The van der Waals surface area contributed by atoms with Crippen molar-refractivity contribution in [1.29, 1.82) is 0 Å². The molecule has 0 unspecified atom stereocenters. The number of aryl methyl sites for hydroxylation is 2. The molecule has 0 N–H and O–H groups in total. The van der Waals surface area contributed by atoms with Crippen molar-refractivity contribution in [3.8, 4) is 11.1 Å². The molecule has 1 saturated heterocycles. The van der Waals surface area contributed by atoms with E-state index in [0.29, 0.717) is 0 Å². The van der Waals surface area contributed by atoms with Crippen molar-refractivity contribution >= 4 is 17.1 Å². The van der Waals surface area contributed by atoms with Gasteiger partial charge in [0.05, 0.1) is 11.2 Å². The average molecular weight is 337 g/mol. The van der Waals surface area contributed by atoms with Crippen LogP contribution in [-0.4, -0.2) is 32.8 Å². The van der Waals surface area contributed by atoms with Gasteiger partial charge in [-0.25, -0.2) is 4.98 Å². The third-order valence-corrected chi connectivity index (χ3v) is 5.71. The number of fused-ring (bicyclic) bond motifs is 1. The third-order valence-electron chi connectivity index (χ3n) is 5.71. The Morgan fingerprint density at radius 2 is 2.04 bits per heavy atom. The van der Waals surface area contributed by atoms with E-state index in [2.05, 4.69) is 25.7 Å². The number of pyridine rings is 1. The van der Waals surface area contributed by atoms with Gasteiger partial charge in [-0.1, -0.05) is 11.6 Å². The second-order valence-corrected chi connectivity index (χ2v) is 7.43. The van der Waals surface area contributed by atoms with Gasteiger partial charge in [-0.05, 0) is 45.1 Å². The van der Waals surface area contributed by atoms with E-state index >= 15 is 0 Å². The van der Waals surface area contributed by atoms with Crippen molar-refractivity contribution in [3.63, 3.8) is 0 Å². The van der Waals surface area contributed by atoms with E-state index in [9.17, 15) is 0 Å². The number of hydrogen-bond donors (Lipinski definition) is 0. The van der Waals surface area contributed by atoms with Crippen LogP contribution in [0.5, 0.6) is 0 Å². The van der Waals surface area contributed by atoms with Gasteiger partial charge in [0.15, 0.2) is 5.65 Å². The summed E-state index contributed by atoms with van der Waals surface area (Å²) >= 11 is 0. The predicted molar refractivity (Wildman–Crippen MR) is 96.7 cm³/mol. The van der Waals surface area contributed by atoms with Gasteiger partial charge in [-0.3, -0.25) is 0 Å². The monoisotopic (exact) mass is 337 g/mol. The maximum atomic E-state index is 5.34. The number of anilines is 1. The fourth-order valence-electron chi connectivity index (χ4n) is 3.90. The van der Waals surface area contributed by atoms with Gasteiger partial charge < -0.3 is 14.0 Å². The second kappa shape index (κ2) is 5.58. The highest BCUT2D eigenvalue weighted by Crippen LogP contribution is 2.34. The summed E-state index contributed by atoms with van der Waals surface area (Å²) < 4.78 is 7.74. The first kappa shape index (κ1) is 14.9. The first-order valence-electron chi connectivity index (χ1n) is 9.25. The largest absolute Gasteiger partial charge is 0.361 e. The molecule has 2 aliphatic rings. The zero-order valence-electron chi connectivity index (χ0n) is 14.8. The summed E-state index contributed by atoms with van der Waals surface area (Å²) in [6.45, 7) is 7.19. The Morgan fingerprint density at radius 1 is 1.20 bits per heavy atom. The molecule has 130 valence electrons. The Labute approximate surface area is 146 Å². The van der Waals surface area contributed by atoms with E-state index in [-0.39, 0.29) is 0 Å².